The minimum atomic E-state index is -1.48. The first kappa shape index (κ1) is 16.0. The Morgan fingerprint density at radius 2 is 1.86 bits per heavy atom. The predicted octanol–water partition coefficient (Wildman–Crippen LogP) is -0.731. The number of phenolic OH excluding ortho intramolecular Hbond substituents is 1. The molecule has 0 saturated carbocycles. The lowest BCUT2D eigenvalue weighted by atomic mass is 9.97. The fourth-order valence-electron chi connectivity index (χ4n) is 2.22. The Labute approximate surface area is 122 Å². The molecule has 1 aliphatic rings. The van der Waals surface area contributed by atoms with Crippen molar-refractivity contribution < 1.29 is 35.0 Å². The highest BCUT2D eigenvalue weighted by Crippen LogP contribution is 2.31. The molecule has 1 saturated heterocycles. The Kier molecular flexibility index (Phi) is 5.02. The number of rotatable bonds is 4. The van der Waals surface area contributed by atoms with E-state index in [2.05, 4.69) is 0 Å². The van der Waals surface area contributed by atoms with Crippen molar-refractivity contribution in [2.45, 2.75) is 44.1 Å². The molecule has 1 aliphatic heterocycles. The van der Waals surface area contributed by atoms with Crippen molar-refractivity contribution in [3.63, 3.8) is 0 Å². The SMILES string of the molecule is Cc1ccc(O)c(O[C@@H]2O[C@H](CCO)[C@@H](O)[C@H](O)[C@H]2O)c1. The molecule has 5 atom stereocenters. The molecular formula is C14H20O7. The number of aliphatic hydroxyl groups excluding tert-OH is 4. The van der Waals surface area contributed by atoms with Crippen LogP contribution in [0.4, 0.5) is 0 Å². The lowest BCUT2D eigenvalue weighted by molar-refractivity contribution is -0.274. The maximum atomic E-state index is 9.91. The molecule has 1 fully saturated rings. The van der Waals surface area contributed by atoms with Crippen molar-refractivity contribution in [1.82, 2.24) is 0 Å². The van der Waals surface area contributed by atoms with E-state index in [1.165, 1.54) is 6.07 Å². The van der Waals surface area contributed by atoms with Crippen molar-refractivity contribution >= 4 is 0 Å². The van der Waals surface area contributed by atoms with Gasteiger partial charge in [-0.2, -0.15) is 0 Å². The van der Waals surface area contributed by atoms with Crippen LogP contribution in [0.5, 0.6) is 11.5 Å². The van der Waals surface area contributed by atoms with Crippen molar-refractivity contribution in [1.29, 1.82) is 0 Å². The van der Waals surface area contributed by atoms with E-state index in [4.69, 9.17) is 14.6 Å². The maximum absolute atomic E-state index is 9.91. The number of aromatic hydroxyl groups is 1. The van der Waals surface area contributed by atoms with Gasteiger partial charge in [-0.25, -0.2) is 0 Å². The van der Waals surface area contributed by atoms with E-state index in [-0.39, 0.29) is 24.5 Å². The molecule has 0 amide bonds. The lowest BCUT2D eigenvalue weighted by Gasteiger charge is -2.40. The molecule has 1 aromatic rings. The van der Waals surface area contributed by atoms with E-state index in [1.807, 2.05) is 0 Å². The van der Waals surface area contributed by atoms with Crippen LogP contribution in [0.15, 0.2) is 18.2 Å². The standard InChI is InChI=1S/C14H20O7/c1-7-2-3-8(16)10(6-7)21-14-13(19)12(18)11(17)9(20-14)4-5-15/h2-3,6,9,11-19H,4-5H2,1H3/t9-,11-,12+,13-,14+/m1/s1. The Bertz CT molecular complexity index is 478. The summed E-state index contributed by atoms with van der Waals surface area (Å²) in [6, 6.07) is 4.69. The van der Waals surface area contributed by atoms with Gasteiger partial charge in [-0.3, -0.25) is 0 Å². The summed E-state index contributed by atoms with van der Waals surface area (Å²) >= 11 is 0. The average Bonchev–Trinajstić information content (AvgIpc) is 2.45. The summed E-state index contributed by atoms with van der Waals surface area (Å²) in [5.41, 5.74) is 0.834. The molecule has 5 N–H and O–H groups in total. The molecular weight excluding hydrogens is 280 g/mol. The molecule has 2 rings (SSSR count). The topological polar surface area (TPSA) is 120 Å². The molecule has 21 heavy (non-hydrogen) atoms. The zero-order chi connectivity index (χ0) is 15.6. The van der Waals surface area contributed by atoms with Crippen LogP contribution >= 0.6 is 0 Å². The maximum Gasteiger partial charge on any atom is 0.229 e. The van der Waals surface area contributed by atoms with Gasteiger partial charge in [-0.1, -0.05) is 6.07 Å². The Hall–Kier alpha value is -1.38. The molecule has 0 spiro atoms. The van der Waals surface area contributed by atoms with E-state index in [1.54, 1.807) is 19.1 Å². The van der Waals surface area contributed by atoms with Crippen LogP contribution in [-0.4, -0.2) is 62.8 Å². The van der Waals surface area contributed by atoms with Gasteiger partial charge in [-0.15, -0.1) is 0 Å². The van der Waals surface area contributed by atoms with Crippen LogP contribution in [0.1, 0.15) is 12.0 Å². The monoisotopic (exact) mass is 300 g/mol. The summed E-state index contributed by atoms with van der Waals surface area (Å²) in [4.78, 5) is 0. The smallest absolute Gasteiger partial charge is 0.229 e. The minimum absolute atomic E-state index is 0.0879. The van der Waals surface area contributed by atoms with E-state index in [0.717, 1.165) is 5.56 Å². The van der Waals surface area contributed by atoms with Crippen molar-refractivity contribution in [3.8, 4) is 11.5 Å². The van der Waals surface area contributed by atoms with Gasteiger partial charge in [0.05, 0.1) is 6.10 Å². The molecule has 0 aromatic heterocycles. The zero-order valence-corrected chi connectivity index (χ0v) is 11.6. The fourth-order valence-corrected chi connectivity index (χ4v) is 2.22. The summed E-state index contributed by atoms with van der Waals surface area (Å²) in [6.07, 6.45) is -6.30. The molecule has 7 nitrogen and oxygen atoms in total. The average molecular weight is 300 g/mol. The van der Waals surface area contributed by atoms with Gasteiger partial charge in [0.25, 0.3) is 0 Å². The highest BCUT2D eigenvalue weighted by Gasteiger charge is 2.44. The second-order valence-electron chi connectivity index (χ2n) is 5.12. The number of ether oxygens (including phenoxy) is 2. The molecule has 1 aromatic carbocycles. The van der Waals surface area contributed by atoms with Crippen LogP contribution in [0.2, 0.25) is 0 Å². The van der Waals surface area contributed by atoms with Crippen molar-refractivity contribution in [3.05, 3.63) is 23.8 Å². The lowest BCUT2D eigenvalue weighted by Crippen LogP contribution is -2.59. The molecule has 0 unspecified atom stereocenters. The molecule has 118 valence electrons. The van der Waals surface area contributed by atoms with Crippen LogP contribution in [0.25, 0.3) is 0 Å². The molecule has 0 aliphatic carbocycles. The van der Waals surface area contributed by atoms with Gasteiger partial charge >= 0.3 is 0 Å². The van der Waals surface area contributed by atoms with Crippen LogP contribution in [0, 0.1) is 6.92 Å². The second-order valence-corrected chi connectivity index (χ2v) is 5.12. The van der Waals surface area contributed by atoms with Crippen LogP contribution in [-0.2, 0) is 4.74 Å². The van der Waals surface area contributed by atoms with E-state index in [0.29, 0.717) is 0 Å². The summed E-state index contributed by atoms with van der Waals surface area (Å²) in [6.45, 7) is 1.56. The summed E-state index contributed by atoms with van der Waals surface area (Å²) in [5, 5.41) is 48.1. The largest absolute Gasteiger partial charge is 0.504 e. The number of hydrogen-bond acceptors (Lipinski definition) is 7. The minimum Gasteiger partial charge on any atom is -0.504 e. The predicted molar refractivity (Wildman–Crippen MR) is 71.9 cm³/mol. The quantitative estimate of drug-likeness (QED) is 0.497. The Balaban J connectivity index is 2.16. The van der Waals surface area contributed by atoms with E-state index < -0.39 is 30.7 Å². The van der Waals surface area contributed by atoms with Gasteiger partial charge in [-0.05, 0) is 31.0 Å². The van der Waals surface area contributed by atoms with Gasteiger partial charge in [0.15, 0.2) is 11.5 Å². The summed E-state index contributed by atoms with van der Waals surface area (Å²) in [7, 11) is 0. The molecule has 7 heteroatoms. The van der Waals surface area contributed by atoms with Crippen molar-refractivity contribution in [2.75, 3.05) is 6.61 Å². The first-order valence-electron chi connectivity index (χ1n) is 6.71. The highest BCUT2D eigenvalue weighted by atomic mass is 16.7. The van der Waals surface area contributed by atoms with Crippen LogP contribution < -0.4 is 4.74 Å². The Morgan fingerprint density at radius 1 is 1.14 bits per heavy atom. The summed E-state index contributed by atoms with van der Waals surface area (Å²) < 4.78 is 10.8. The van der Waals surface area contributed by atoms with Gasteiger partial charge in [0.2, 0.25) is 6.29 Å². The third-order valence-corrected chi connectivity index (χ3v) is 3.44. The number of phenols is 1. The molecule has 1 heterocycles. The van der Waals surface area contributed by atoms with E-state index >= 15 is 0 Å². The van der Waals surface area contributed by atoms with Gasteiger partial charge in [0.1, 0.15) is 18.3 Å². The number of hydrogen-bond donors (Lipinski definition) is 5. The fraction of sp³-hybridized carbons (Fsp3) is 0.571. The zero-order valence-electron chi connectivity index (χ0n) is 11.6. The number of aliphatic hydroxyl groups is 4. The van der Waals surface area contributed by atoms with Crippen molar-refractivity contribution in [2.24, 2.45) is 0 Å². The van der Waals surface area contributed by atoms with E-state index in [9.17, 15) is 20.4 Å². The van der Waals surface area contributed by atoms with Crippen LogP contribution in [0.3, 0.4) is 0 Å². The third-order valence-electron chi connectivity index (χ3n) is 3.44. The highest BCUT2D eigenvalue weighted by molar-refractivity contribution is 5.41. The third kappa shape index (κ3) is 3.45. The Morgan fingerprint density at radius 3 is 2.52 bits per heavy atom. The number of aryl methyl sites for hydroxylation is 1. The number of benzene rings is 1. The van der Waals surface area contributed by atoms with Gasteiger partial charge in [0, 0.05) is 6.61 Å². The first-order valence-corrected chi connectivity index (χ1v) is 6.71. The first-order chi connectivity index (χ1) is 9.93. The molecule has 0 radical (unpaired) electrons. The normalized spacial score (nSPS) is 32.9. The molecule has 0 bridgehead atoms. The second kappa shape index (κ2) is 6.59. The summed E-state index contributed by atoms with van der Waals surface area (Å²) in [5.74, 6) is -0.0268. The van der Waals surface area contributed by atoms with Gasteiger partial charge < -0.3 is 35.0 Å².